The lowest BCUT2D eigenvalue weighted by molar-refractivity contribution is -0.122. The molecule has 2 aliphatic heterocycles. The van der Waals surface area contributed by atoms with Crippen LogP contribution in [0.1, 0.15) is 16.7 Å². The summed E-state index contributed by atoms with van der Waals surface area (Å²) in [6, 6.07) is 20.6. The minimum atomic E-state index is -0.519. The average Bonchev–Trinajstić information content (AvgIpc) is 3.20. The van der Waals surface area contributed by atoms with Crippen LogP contribution in [0.2, 0.25) is 10.0 Å². The van der Waals surface area contributed by atoms with Crippen molar-refractivity contribution in [2.75, 3.05) is 16.3 Å². The second-order valence-electron chi connectivity index (χ2n) is 8.09. The van der Waals surface area contributed by atoms with E-state index in [1.807, 2.05) is 42.5 Å². The van der Waals surface area contributed by atoms with E-state index in [-0.39, 0.29) is 10.7 Å². The van der Waals surface area contributed by atoms with Gasteiger partial charge in [-0.3, -0.25) is 19.8 Å². The number of hydrogen-bond acceptors (Lipinski definition) is 4. The molecule has 34 heavy (non-hydrogen) atoms. The molecule has 2 amide bonds. The summed E-state index contributed by atoms with van der Waals surface area (Å²) in [5.74, 6) is -1.01. The number of anilines is 2. The lowest BCUT2D eigenvalue weighted by Crippen LogP contribution is -2.54. The van der Waals surface area contributed by atoms with E-state index in [2.05, 4.69) is 10.2 Å². The second kappa shape index (κ2) is 9.22. The minimum Gasteiger partial charge on any atom is -0.367 e. The van der Waals surface area contributed by atoms with E-state index in [0.717, 1.165) is 46.9 Å². The van der Waals surface area contributed by atoms with Crippen LogP contribution in [0.3, 0.4) is 0 Å². The third kappa shape index (κ3) is 4.32. The van der Waals surface area contributed by atoms with Gasteiger partial charge in [0.25, 0.3) is 11.8 Å². The van der Waals surface area contributed by atoms with Gasteiger partial charge in [0.2, 0.25) is 0 Å². The Labute approximate surface area is 212 Å². The first-order valence-electron chi connectivity index (χ1n) is 10.7. The molecule has 1 saturated heterocycles. The van der Waals surface area contributed by atoms with Crippen molar-refractivity contribution in [1.29, 1.82) is 0 Å². The fourth-order valence-electron chi connectivity index (χ4n) is 4.25. The van der Waals surface area contributed by atoms with Crippen LogP contribution < -0.4 is 15.1 Å². The number of rotatable bonds is 4. The molecule has 5 rings (SSSR count). The molecular formula is C26H19Cl2N3O2S. The molecule has 3 aromatic carbocycles. The van der Waals surface area contributed by atoms with Crippen molar-refractivity contribution in [2.24, 2.45) is 0 Å². The molecular weight excluding hydrogens is 489 g/mol. The average molecular weight is 508 g/mol. The predicted molar refractivity (Wildman–Crippen MR) is 140 cm³/mol. The zero-order chi connectivity index (χ0) is 23.8. The molecule has 0 unspecified atom stereocenters. The molecule has 1 N–H and O–H groups in total. The summed E-state index contributed by atoms with van der Waals surface area (Å²) < 4.78 is 0. The van der Waals surface area contributed by atoms with E-state index in [1.54, 1.807) is 30.3 Å². The van der Waals surface area contributed by atoms with Crippen LogP contribution >= 0.6 is 35.4 Å². The van der Waals surface area contributed by atoms with Gasteiger partial charge in [-0.1, -0.05) is 53.5 Å². The van der Waals surface area contributed by atoms with Gasteiger partial charge in [-0.15, -0.1) is 0 Å². The predicted octanol–water partition coefficient (Wildman–Crippen LogP) is 5.39. The van der Waals surface area contributed by atoms with Crippen molar-refractivity contribution in [2.45, 2.75) is 13.0 Å². The van der Waals surface area contributed by atoms with Crippen molar-refractivity contribution in [3.05, 3.63) is 99.0 Å². The van der Waals surface area contributed by atoms with Crippen molar-refractivity contribution < 1.29 is 9.59 Å². The fraction of sp³-hybridized carbons (Fsp3) is 0.115. The van der Waals surface area contributed by atoms with Crippen LogP contribution in [0.5, 0.6) is 0 Å². The molecule has 0 bridgehead atoms. The van der Waals surface area contributed by atoms with Crippen molar-refractivity contribution in [1.82, 2.24) is 5.32 Å². The number of halogens is 2. The number of nitrogens with one attached hydrogen (secondary N) is 1. The van der Waals surface area contributed by atoms with E-state index in [9.17, 15) is 9.59 Å². The molecule has 8 heteroatoms. The largest absolute Gasteiger partial charge is 0.367 e. The van der Waals surface area contributed by atoms with Crippen molar-refractivity contribution >= 4 is 69.8 Å². The number of carbonyl (C=O) groups excluding carboxylic acids is 2. The fourth-order valence-corrected chi connectivity index (χ4v) is 4.91. The van der Waals surface area contributed by atoms with Crippen molar-refractivity contribution in [3.63, 3.8) is 0 Å². The third-order valence-corrected chi connectivity index (χ3v) is 6.78. The first-order valence-corrected chi connectivity index (χ1v) is 11.9. The molecule has 0 aliphatic carbocycles. The van der Waals surface area contributed by atoms with Gasteiger partial charge in [0.15, 0.2) is 5.11 Å². The monoisotopic (exact) mass is 507 g/mol. The Morgan fingerprint density at radius 2 is 1.82 bits per heavy atom. The summed E-state index contributed by atoms with van der Waals surface area (Å²) in [6.07, 6.45) is 2.48. The Balaban J connectivity index is 1.42. The van der Waals surface area contributed by atoms with Crippen LogP contribution in [-0.4, -0.2) is 23.5 Å². The van der Waals surface area contributed by atoms with Crippen LogP contribution in [0.4, 0.5) is 11.4 Å². The van der Waals surface area contributed by atoms with Crippen LogP contribution in [0, 0.1) is 0 Å². The highest BCUT2D eigenvalue weighted by Gasteiger charge is 2.34. The molecule has 3 aromatic rings. The van der Waals surface area contributed by atoms with Gasteiger partial charge in [0, 0.05) is 28.8 Å². The summed E-state index contributed by atoms with van der Waals surface area (Å²) in [4.78, 5) is 29.4. The molecule has 0 spiro atoms. The zero-order valence-electron chi connectivity index (χ0n) is 17.9. The van der Waals surface area contributed by atoms with E-state index in [4.69, 9.17) is 35.4 Å². The van der Waals surface area contributed by atoms with E-state index < -0.39 is 11.8 Å². The highest BCUT2D eigenvalue weighted by molar-refractivity contribution is 7.80. The molecule has 0 atom stereocenters. The van der Waals surface area contributed by atoms with Gasteiger partial charge >= 0.3 is 0 Å². The highest BCUT2D eigenvalue weighted by atomic mass is 35.5. The first kappa shape index (κ1) is 22.6. The molecule has 2 heterocycles. The topological polar surface area (TPSA) is 52.7 Å². The number of hydrogen-bond donors (Lipinski definition) is 1. The maximum atomic E-state index is 13.2. The molecule has 0 aromatic heterocycles. The summed E-state index contributed by atoms with van der Waals surface area (Å²) in [5, 5.41) is 3.85. The maximum absolute atomic E-state index is 13.2. The number of thiocarbonyl (C=S) groups is 1. The van der Waals surface area contributed by atoms with Crippen molar-refractivity contribution in [3.8, 4) is 0 Å². The van der Waals surface area contributed by atoms with Gasteiger partial charge in [-0.25, -0.2) is 0 Å². The Bertz CT molecular complexity index is 1370. The summed E-state index contributed by atoms with van der Waals surface area (Å²) in [5.41, 5.74) is 4.65. The number of benzene rings is 3. The molecule has 1 fully saturated rings. The molecule has 0 radical (unpaired) electrons. The Kier molecular flexibility index (Phi) is 6.13. The second-order valence-corrected chi connectivity index (χ2v) is 9.32. The first-order chi connectivity index (χ1) is 16.4. The highest BCUT2D eigenvalue weighted by Crippen LogP contribution is 2.32. The molecule has 170 valence electrons. The van der Waals surface area contributed by atoms with Gasteiger partial charge in [-0.2, -0.15) is 0 Å². The van der Waals surface area contributed by atoms with E-state index >= 15 is 0 Å². The van der Waals surface area contributed by atoms with E-state index in [1.165, 1.54) is 4.90 Å². The maximum Gasteiger partial charge on any atom is 0.270 e. The zero-order valence-corrected chi connectivity index (χ0v) is 20.3. The smallest absolute Gasteiger partial charge is 0.270 e. The summed E-state index contributed by atoms with van der Waals surface area (Å²) >= 11 is 17.7. The Morgan fingerprint density at radius 1 is 1.00 bits per heavy atom. The number of amides is 2. The quantitative estimate of drug-likeness (QED) is 0.292. The lowest BCUT2D eigenvalue weighted by atomic mass is 10.0. The van der Waals surface area contributed by atoms with Gasteiger partial charge in [0.05, 0.1) is 5.69 Å². The SMILES string of the molecule is O=C1NC(=S)N(c2cccc(Cl)c2)C(=O)/C1=C/c1ccc2c(c1)CCN2Cc1ccccc1Cl. The third-order valence-electron chi connectivity index (χ3n) is 5.89. The molecule has 0 saturated carbocycles. The number of carbonyl (C=O) groups is 2. The van der Waals surface area contributed by atoms with Gasteiger partial charge in [0.1, 0.15) is 5.57 Å². The molecule has 2 aliphatic rings. The van der Waals surface area contributed by atoms with Crippen LogP contribution in [0.25, 0.3) is 6.08 Å². The van der Waals surface area contributed by atoms with Crippen LogP contribution in [-0.2, 0) is 22.6 Å². The van der Waals surface area contributed by atoms with Gasteiger partial charge in [-0.05, 0) is 77.8 Å². The number of nitrogens with zero attached hydrogens (tertiary/aromatic N) is 2. The van der Waals surface area contributed by atoms with E-state index in [0.29, 0.717) is 10.7 Å². The number of fused-ring (bicyclic) bond motifs is 1. The summed E-state index contributed by atoms with van der Waals surface area (Å²) in [6.45, 7) is 1.59. The lowest BCUT2D eigenvalue weighted by Gasteiger charge is -2.29. The Morgan fingerprint density at radius 3 is 2.62 bits per heavy atom. The van der Waals surface area contributed by atoms with Crippen LogP contribution in [0.15, 0.2) is 72.3 Å². The molecule has 5 nitrogen and oxygen atoms in total. The standard InChI is InChI=1S/C26H19Cl2N3O2S/c27-19-5-3-6-20(14-19)31-25(33)21(24(32)29-26(31)34)13-16-8-9-23-17(12-16)10-11-30(23)15-18-4-1-2-7-22(18)28/h1-9,12-14H,10-11,15H2,(H,29,32,34)/b21-13+. The normalized spacial score (nSPS) is 16.8. The van der Waals surface area contributed by atoms with Gasteiger partial charge < -0.3 is 4.90 Å². The minimum absolute atomic E-state index is 0.0134. The Hall–Kier alpha value is -3.19. The summed E-state index contributed by atoms with van der Waals surface area (Å²) in [7, 11) is 0.